The molecule has 1 N–H and O–H groups in total. The molecule has 3 nitrogen and oxygen atoms in total. The molecule has 2 aliphatic rings. The zero-order chi connectivity index (χ0) is 10.5. The monoisotopic (exact) mass is 211 g/mol. The number of piperidine rings is 1. The Morgan fingerprint density at radius 3 is 2.80 bits per heavy atom. The van der Waals surface area contributed by atoms with Gasteiger partial charge in [0.2, 0.25) is 0 Å². The van der Waals surface area contributed by atoms with Gasteiger partial charge in [-0.15, -0.1) is 0 Å². The lowest BCUT2D eigenvalue weighted by Gasteiger charge is -2.21. The van der Waals surface area contributed by atoms with Gasteiger partial charge in [-0.2, -0.15) is 0 Å². The van der Waals surface area contributed by atoms with E-state index >= 15 is 0 Å². The Balaban J connectivity index is 1.54. The Morgan fingerprint density at radius 1 is 1.27 bits per heavy atom. The van der Waals surface area contributed by atoms with E-state index in [1.54, 1.807) is 0 Å². The van der Waals surface area contributed by atoms with E-state index < -0.39 is 0 Å². The van der Waals surface area contributed by atoms with Gasteiger partial charge in [-0.05, 0) is 44.2 Å². The number of carbonyl (C=O) groups excluding carboxylic acids is 1. The molecule has 1 unspecified atom stereocenters. The van der Waals surface area contributed by atoms with Gasteiger partial charge in [0.15, 0.2) is 0 Å². The topological polar surface area (TPSA) is 38.3 Å². The van der Waals surface area contributed by atoms with Crippen molar-refractivity contribution in [3.05, 3.63) is 0 Å². The maximum atomic E-state index is 11.5. The third kappa shape index (κ3) is 4.20. The predicted molar refractivity (Wildman–Crippen MR) is 58.5 cm³/mol. The molecule has 1 aliphatic heterocycles. The Morgan fingerprint density at radius 2 is 2.13 bits per heavy atom. The summed E-state index contributed by atoms with van der Waals surface area (Å²) in [6, 6.07) is 0. The highest BCUT2D eigenvalue weighted by Gasteiger charge is 2.22. The van der Waals surface area contributed by atoms with Crippen molar-refractivity contribution in [1.82, 2.24) is 5.32 Å². The first-order valence-corrected chi connectivity index (χ1v) is 6.21. The number of rotatable bonds is 5. The van der Waals surface area contributed by atoms with Crippen molar-refractivity contribution in [2.45, 2.75) is 38.5 Å². The van der Waals surface area contributed by atoms with Gasteiger partial charge in [0.05, 0.1) is 6.61 Å². The van der Waals surface area contributed by atoms with Crippen molar-refractivity contribution in [3.63, 3.8) is 0 Å². The third-order valence-electron chi connectivity index (χ3n) is 3.34. The van der Waals surface area contributed by atoms with Crippen molar-refractivity contribution in [1.29, 1.82) is 0 Å². The lowest BCUT2D eigenvalue weighted by molar-refractivity contribution is -0.145. The summed E-state index contributed by atoms with van der Waals surface area (Å²) in [5, 5.41) is 3.32. The standard InChI is InChI=1S/C12H21NO2/c14-12(15-7-5-10-3-4-10)8-11-2-1-6-13-9-11/h10-11,13H,1-9H2. The molecule has 0 amide bonds. The molecule has 0 radical (unpaired) electrons. The fourth-order valence-electron chi connectivity index (χ4n) is 2.14. The lowest BCUT2D eigenvalue weighted by atomic mass is 9.96. The van der Waals surface area contributed by atoms with E-state index in [9.17, 15) is 4.79 Å². The number of carbonyl (C=O) groups is 1. The van der Waals surface area contributed by atoms with Gasteiger partial charge >= 0.3 is 5.97 Å². The average Bonchev–Trinajstić information content (AvgIpc) is 3.03. The maximum absolute atomic E-state index is 11.5. The van der Waals surface area contributed by atoms with Gasteiger partial charge in [-0.1, -0.05) is 12.8 Å². The molecule has 0 spiro atoms. The van der Waals surface area contributed by atoms with E-state index in [0.717, 1.165) is 25.4 Å². The molecule has 3 heteroatoms. The first-order chi connectivity index (χ1) is 7.34. The Kier molecular flexibility index (Phi) is 4.01. The molecular weight excluding hydrogens is 190 g/mol. The van der Waals surface area contributed by atoms with Gasteiger partial charge in [0.25, 0.3) is 0 Å². The molecule has 0 aromatic rings. The summed E-state index contributed by atoms with van der Waals surface area (Å²) < 4.78 is 5.23. The van der Waals surface area contributed by atoms with Crippen LogP contribution in [-0.2, 0) is 9.53 Å². The van der Waals surface area contributed by atoms with Crippen LogP contribution in [0.25, 0.3) is 0 Å². The van der Waals surface area contributed by atoms with Gasteiger partial charge in [-0.3, -0.25) is 4.79 Å². The zero-order valence-corrected chi connectivity index (χ0v) is 9.34. The van der Waals surface area contributed by atoms with Crippen molar-refractivity contribution in [3.8, 4) is 0 Å². The molecule has 15 heavy (non-hydrogen) atoms. The average molecular weight is 211 g/mol. The summed E-state index contributed by atoms with van der Waals surface area (Å²) in [4.78, 5) is 11.5. The van der Waals surface area contributed by atoms with Gasteiger partial charge in [-0.25, -0.2) is 0 Å². The summed E-state index contributed by atoms with van der Waals surface area (Å²) in [7, 11) is 0. The molecule has 0 aromatic heterocycles. The van der Waals surface area contributed by atoms with Gasteiger partial charge in [0.1, 0.15) is 0 Å². The van der Waals surface area contributed by atoms with E-state index in [1.165, 1.54) is 25.7 Å². The minimum Gasteiger partial charge on any atom is -0.466 e. The van der Waals surface area contributed by atoms with Crippen LogP contribution in [0.5, 0.6) is 0 Å². The molecule has 2 fully saturated rings. The second-order valence-electron chi connectivity index (χ2n) is 4.87. The largest absolute Gasteiger partial charge is 0.466 e. The molecule has 0 bridgehead atoms. The number of nitrogens with one attached hydrogen (secondary N) is 1. The first kappa shape index (κ1) is 10.9. The zero-order valence-electron chi connectivity index (χ0n) is 9.34. The van der Waals surface area contributed by atoms with Crippen LogP contribution >= 0.6 is 0 Å². The summed E-state index contributed by atoms with van der Waals surface area (Å²) in [6.45, 7) is 2.73. The van der Waals surface area contributed by atoms with Crippen LogP contribution in [0, 0.1) is 11.8 Å². The minimum absolute atomic E-state index is 0.00403. The summed E-state index contributed by atoms with van der Waals surface area (Å²) in [5.74, 6) is 1.37. The van der Waals surface area contributed by atoms with E-state index in [-0.39, 0.29) is 5.97 Å². The van der Waals surface area contributed by atoms with Crippen molar-refractivity contribution in [2.75, 3.05) is 19.7 Å². The Labute approximate surface area is 91.6 Å². The van der Waals surface area contributed by atoms with Crippen LogP contribution in [0.3, 0.4) is 0 Å². The van der Waals surface area contributed by atoms with Crippen LogP contribution in [0.2, 0.25) is 0 Å². The van der Waals surface area contributed by atoms with E-state index in [1.807, 2.05) is 0 Å². The SMILES string of the molecule is O=C(CC1CCCNC1)OCCC1CC1. The first-order valence-electron chi connectivity index (χ1n) is 6.21. The molecule has 0 aromatic carbocycles. The summed E-state index contributed by atoms with van der Waals surface area (Å²) >= 11 is 0. The number of ether oxygens (including phenoxy) is 1. The van der Waals surface area contributed by atoms with Crippen LogP contribution < -0.4 is 5.32 Å². The highest BCUT2D eigenvalue weighted by molar-refractivity contribution is 5.69. The fourth-order valence-corrected chi connectivity index (χ4v) is 2.14. The smallest absolute Gasteiger partial charge is 0.306 e. The second kappa shape index (κ2) is 5.50. The van der Waals surface area contributed by atoms with E-state index in [0.29, 0.717) is 18.9 Å². The minimum atomic E-state index is 0.00403. The molecule has 86 valence electrons. The normalized spacial score (nSPS) is 26.3. The second-order valence-corrected chi connectivity index (χ2v) is 4.87. The van der Waals surface area contributed by atoms with Crippen molar-refractivity contribution in [2.24, 2.45) is 11.8 Å². The molecule has 1 heterocycles. The third-order valence-corrected chi connectivity index (χ3v) is 3.34. The number of hydrogen-bond acceptors (Lipinski definition) is 3. The number of esters is 1. The summed E-state index contributed by atoms with van der Waals surface area (Å²) in [5.41, 5.74) is 0. The highest BCUT2D eigenvalue weighted by atomic mass is 16.5. The van der Waals surface area contributed by atoms with Crippen molar-refractivity contribution < 1.29 is 9.53 Å². The van der Waals surface area contributed by atoms with Crippen LogP contribution in [-0.4, -0.2) is 25.7 Å². The highest BCUT2D eigenvalue weighted by Crippen LogP contribution is 2.32. The quantitative estimate of drug-likeness (QED) is 0.704. The predicted octanol–water partition coefficient (Wildman–Crippen LogP) is 1.72. The lowest BCUT2D eigenvalue weighted by Crippen LogP contribution is -2.31. The molecule has 1 saturated heterocycles. The Bertz CT molecular complexity index is 208. The van der Waals surface area contributed by atoms with Crippen LogP contribution in [0.4, 0.5) is 0 Å². The van der Waals surface area contributed by atoms with Gasteiger partial charge in [0, 0.05) is 6.42 Å². The molecule has 1 atom stereocenters. The Hall–Kier alpha value is -0.570. The number of hydrogen-bond donors (Lipinski definition) is 1. The van der Waals surface area contributed by atoms with Crippen molar-refractivity contribution >= 4 is 5.97 Å². The van der Waals surface area contributed by atoms with E-state index in [2.05, 4.69) is 5.32 Å². The van der Waals surface area contributed by atoms with Crippen LogP contribution in [0.15, 0.2) is 0 Å². The fraction of sp³-hybridized carbons (Fsp3) is 0.917. The molecular formula is C12H21NO2. The molecule has 1 aliphatic carbocycles. The van der Waals surface area contributed by atoms with Crippen LogP contribution in [0.1, 0.15) is 38.5 Å². The van der Waals surface area contributed by atoms with E-state index in [4.69, 9.17) is 4.74 Å². The van der Waals surface area contributed by atoms with Gasteiger partial charge < -0.3 is 10.1 Å². The maximum Gasteiger partial charge on any atom is 0.306 e. The molecule has 2 rings (SSSR count). The molecule has 1 saturated carbocycles. The summed E-state index contributed by atoms with van der Waals surface area (Å²) in [6.07, 6.45) is 6.73.